The lowest BCUT2D eigenvalue weighted by Crippen LogP contribution is -2.39. The highest BCUT2D eigenvalue weighted by Gasteiger charge is 2.16. The Labute approximate surface area is 163 Å². The minimum Gasteiger partial charge on any atom is -0.376 e. The highest BCUT2D eigenvalue weighted by Crippen LogP contribution is 2.11. The summed E-state index contributed by atoms with van der Waals surface area (Å²) in [5.74, 6) is 1.39. The fourth-order valence-electron chi connectivity index (χ4n) is 3.16. The molecule has 1 fully saturated rings. The molecule has 6 nitrogen and oxygen atoms in total. The third-order valence-electron chi connectivity index (χ3n) is 5.10. The van der Waals surface area contributed by atoms with Gasteiger partial charge in [0.1, 0.15) is 0 Å². The lowest BCUT2D eigenvalue weighted by molar-refractivity contribution is 0.0857. The molecule has 1 aliphatic rings. The van der Waals surface area contributed by atoms with Crippen LogP contribution in [0.5, 0.6) is 0 Å². The Balaban J connectivity index is 1.82. The molecular weight excluding hydrogens is 340 g/mol. The number of aliphatic imine (C=N–C) groups is 1. The molecule has 27 heavy (non-hydrogen) atoms. The number of hydrogen-bond acceptors (Lipinski definition) is 3. The van der Waals surface area contributed by atoms with E-state index in [0.29, 0.717) is 24.6 Å². The van der Waals surface area contributed by atoms with Gasteiger partial charge in [0.05, 0.1) is 6.10 Å². The third-order valence-corrected chi connectivity index (χ3v) is 5.10. The van der Waals surface area contributed by atoms with E-state index in [2.05, 4.69) is 34.8 Å². The van der Waals surface area contributed by atoms with Crippen LogP contribution < -0.4 is 16.0 Å². The standard InChI is InChI=1S/C21H34N4O2/c1-4-16(5-2)13-24-21(22-3)25-14-17-8-6-9-18(12-17)20(26)23-15-19-10-7-11-27-19/h6,8-9,12,16,19H,4-5,7,10-11,13-15H2,1-3H3,(H,23,26)(H2,22,24,25). The van der Waals surface area contributed by atoms with E-state index in [4.69, 9.17) is 4.74 Å². The summed E-state index contributed by atoms with van der Waals surface area (Å²) in [5, 5.41) is 9.66. The molecule has 1 amide bonds. The molecule has 150 valence electrons. The Hall–Kier alpha value is -2.08. The van der Waals surface area contributed by atoms with E-state index in [1.807, 2.05) is 24.3 Å². The van der Waals surface area contributed by atoms with Crippen molar-refractivity contribution in [3.05, 3.63) is 35.4 Å². The number of nitrogens with zero attached hydrogens (tertiary/aromatic N) is 1. The van der Waals surface area contributed by atoms with Gasteiger partial charge in [-0.1, -0.05) is 38.8 Å². The van der Waals surface area contributed by atoms with Crippen molar-refractivity contribution < 1.29 is 9.53 Å². The molecule has 1 saturated heterocycles. The number of carbonyl (C=O) groups is 1. The van der Waals surface area contributed by atoms with Crippen LogP contribution in [0.4, 0.5) is 0 Å². The summed E-state index contributed by atoms with van der Waals surface area (Å²) >= 11 is 0. The van der Waals surface area contributed by atoms with Crippen LogP contribution in [0.3, 0.4) is 0 Å². The van der Waals surface area contributed by atoms with Crippen LogP contribution in [0.1, 0.15) is 55.5 Å². The first-order valence-electron chi connectivity index (χ1n) is 10.1. The van der Waals surface area contributed by atoms with Gasteiger partial charge in [0, 0.05) is 38.9 Å². The highest BCUT2D eigenvalue weighted by atomic mass is 16.5. The summed E-state index contributed by atoms with van der Waals surface area (Å²) in [6.07, 6.45) is 4.57. The Morgan fingerprint density at radius 1 is 1.26 bits per heavy atom. The number of hydrogen-bond donors (Lipinski definition) is 3. The molecule has 1 heterocycles. The molecule has 0 spiro atoms. The third kappa shape index (κ3) is 7.21. The number of amides is 1. The molecule has 0 aromatic heterocycles. The summed E-state index contributed by atoms with van der Waals surface area (Å²) in [5.41, 5.74) is 1.72. The number of nitrogens with one attached hydrogen (secondary N) is 3. The van der Waals surface area contributed by atoms with Crippen molar-refractivity contribution >= 4 is 11.9 Å². The van der Waals surface area contributed by atoms with Crippen LogP contribution in [0.25, 0.3) is 0 Å². The van der Waals surface area contributed by atoms with Gasteiger partial charge in [-0.05, 0) is 36.5 Å². The molecule has 3 N–H and O–H groups in total. The first-order valence-corrected chi connectivity index (χ1v) is 10.1. The summed E-state index contributed by atoms with van der Waals surface area (Å²) in [6, 6.07) is 7.69. The van der Waals surface area contributed by atoms with Crippen LogP contribution in [0.2, 0.25) is 0 Å². The van der Waals surface area contributed by atoms with E-state index in [1.165, 1.54) is 0 Å². The predicted molar refractivity (Wildman–Crippen MR) is 110 cm³/mol. The van der Waals surface area contributed by atoms with Gasteiger partial charge in [0.25, 0.3) is 5.91 Å². The van der Waals surface area contributed by atoms with Crippen LogP contribution >= 0.6 is 0 Å². The number of rotatable bonds is 9. The Kier molecular flexibility index (Phi) is 9.11. The Morgan fingerprint density at radius 2 is 2.07 bits per heavy atom. The van der Waals surface area contributed by atoms with Crippen molar-refractivity contribution in [2.75, 3.05) is 26.7 Å². The van der Waals surface area contributed by atoms with Gasteiger partial charge in [-0.3, -0.25) is 9.79 Å². The predicted octanol–water partition coefficient (Wildman–Crippen LogP) is 2.70. The fourth-order valence-corrected chi connectivity index (χ4v) is 3.16. The lowest BCUT2D eigenvalue weighted by atomic mass is 10.0. The van der Waals surface area contributed by atoms with Crippen molar-refractivity contribution in [1.29, 1.82) is 0 Å². The van der Waals surface area contributed by atoms with Crippen molar-refractivity contribution in [3.63, 3.8) is 0 Å². The Morgan fingerprint density at radius 3 is 2.74 bits per heavy atom. The van der Waals surface area contributed by atoms with E-state index in [9.17, 15) is 4.79 Å². The Bertz CT molecular complexity index is 608. The molecule has 0 bridgehead atoms. The summed E-state index contributed by atoms with van der Waals surface area (Å²) < 4.78 is 5.55. The van der Waals surface area contributed by atoms with E-state index in [1.54, 1.807) is 7.05 Å². The molecule has 2 rings (SSSR count). The maximum absolute atomic E-state index is 12.4. The minimum atomic E-state index is -0.0522. The monoisotopic (exact) mass is 374 g/mol. The van der Waals surface area contributed by atoms with Gasteiger partial charge in [0.2, 0.25) is 0 Å². The molecule has 1 aliphatic heterocycles. The highest BCUT2D eigenvalue weighted by molar-refractivity contribution is 5.94. The second-order valence-corrected chi connectivity index (χ2v) is 7.03. The molecule has 1 aromatic rings. The number of carbonyl (C=O) groups excluding carboxylic acids is 1. The molecule has 0 aliphatic carbocycles. The second kappa shape index (κ2) is 11.6. The summed E-state index contributed by atoms with van der Waals surface area (Å²) in [6.45, 7) is 7.33. The minimum absolute atomic E-state index is 0.0522. The molecule has 6 heteroatoms. The van der Waals surface area contributed by atoms with E-state index < -0.39 is 0 Å². The lowest BCUT2D eigenvalue weighted by Gasteiger charge is -2.17. The first-order chi connectivity index (χ1) is 13.2. The summed E-state index contributed by atoms with van der Waals surface area (Å²) in [4.78, 5) is 16.6. The van der Waals surface area contributed by atoms with Crippen LogP contribution in [0.15, 0.2) is 29.3 Å². The van der Waals surface area contributed by atoms with Crippen LogP contribution in [-0.4, -0.2) is 44.7 Å². The normalized spacial score (nSPS) is 17.2. The van der Waals surface area contributed by atoms with Gasteiger partial charge in [0.15, 0.2) is 5.96 Å². The van der Waals surface area contributed by atoms with Gasteiger partial charge < -0.3 is 20.7 Å². The van der Waals surface area contributed by atoms with Gasteiger partial charge in [-0.2, -0.15) is 0 Å². The maximum Gasteiger partial charge on any atom is 0.251 e. The van der Waals surface area contributed by atoms with Crippen molar-refractivity contribution in [3.8, 4) is 0 Å². The van der Waals surface area contributed by atoms with E-state index >= 15 is 0 Å². The summed E-state index contributed by atoms with van der Waals surface area (Å²) in [7, 11) is 1.77. The molecule has 0 saturated carbocycles. The molecular formula is C21H34N4O2. The maximum atomic E-state index is 12.4. The zero-order valence-electron chi connectivity index (χ0n) is 16.9. The first kappa shape index (κ1) is 21.2. The largest absolute Gasteiger partial charge is 0.376 e. The van der Waals surface area contributed by atoms with Crippen LogP contribution in [-0.2, 0) is 11.3 Å². The van der Waals surface area contributed by atoms with E-state index in [0.717, 1.165) is 50.4 Å². The zero-order chi connectivity index (χ0) is 19.5. The number of guanidine groups is 1. The topological polar surface area (TPSA) is 74.8 Å². The number of ether oxygens (including phenoxy) is 1. The molecule has 1 atom stereocenters. The van der Waals surface area contributed by atoms with E-state index in [-0.39, 0.29) is 12.0 Å². The molecule has 1 aromatic carbocycles. The average Bonchev–Trinajstić information content (AvgIpc) is 3.23. The van der Waals surface area contributed by atoms with Crippen molar-refractivity contribution in [1.82, 2.24) is 16.0 Å². The second-order valence-electron chi connectivity index (χ2n) is 7.03. The zero-order valence-corrected chi connectivity index (χ0v) is 16.9. The van der Waals surface area contributed by atoms with Crippen molar-refractivity contribution in [2.45, 2.75) is 52.2 Å². The quantitative estimate of drug-likeness (QED) is 0.459. The van der Waals surface area contributed by atoms with Gasteiger partial charge in [-0.25, -0.2) is 0 Å². The smallest absolute Gasteiger partial charge is 0.251 e. The van der Waals surface area contributed by atoms with Gasteiger partial charge >= 0.3 is 0 Å². The molecule has 1 unspecified atom stereocenters. The fraction of sp³-hybridized carbons (Fsp3) is 0.619. The molecule has 0 radical (unpaired) electrons. The average molecular weight is 375 g/mol. The number of benzene rings is 1. The van der Waals surface area contributed by atoms with Crippen molar-refractivity contribution in [2.24, 2.45) is 10.9 Å². The SMILES string of the molecule is CCC(CC)CNC(=NC)NCc1cccc(C(=O)NCC2CCCO2)c1. The van der Waals surface area contributed by atoms with Crippen LogP contribution in [0, 0.1) is 5.92 Å². The van der Waals surface area contributed by atoms with Gasteiger partial charge in [-0.15, -0.1) is 0 Å².